The summed E-state index contributed by atoms with van der Waals surface area (Å²) in [5.74, 6) is 1.37. The summed E-state index contributed by atoms with van der Waals surface area (Å²) < 4.78 is 10.7. The van der Waals surface area contributed by atoms with Crippen LogP contribution in [-0.2, 0) is 16.0 Å². The highest BCUT2D eigenvalue weighted by Crippen LogP contribution is 2.24. The van der Waals surface area contributed by atoms with Crippen LogP contribution in [0.5, 0.6) is 0 Å². The molecule has 25 heavy (non-hydrogen) atoms. The molecule has 0 saturated carbocycles. The van der Waals surface area contributed by atoms with E-state index in [-0.39, 0.29) is 11.9 Å². The maximum absolute atomic E-state index is 12.4. The highest BCUT2D eigenvalue weighted by Gasteiger charge is 2.29. The van der Waals surface area contributed by atoms with Crippen molar-refractivity contribution in [1.29, 1.82) is 0 Å². The van der Waals surface area contributed by atoms with Crippen LogP contribution in [0.3, 0.4) is 0 Å². The van der Waals surface area contributed by atoms with E-state index < -0.39 is 6.10 Å². The molecule has 1 unspecified atom stereocenters. The van der Waals surface area contributed by atoms with E-state index in [1.165, 1.54) is 0 Å². The molecule has 2 aromatic heterocycles. The summed E-state index contributed by atoms with van der Waals surface area (Å²) in [4.78, 5) is 27.2. The number of carbonyl (C=O) groups is 1. The van der Waals surface area contributed by atoms with E-state index in [2.05, 4.69) is 25.0 Å². The number of piperidine rings is 1. The van der Waals surface area contributed by atoms with Crippen molar-refractivity contribution in [2.45, 2.75) is 45.6 Å². The molecule has 1 atom stereocenters. The highest BCUT2D eigenvalue weighted by molar-refractivity contribution is 5.73. The lowest BCUT2D eigenvalue weighted by atomic mass is 9.97. The van der Waals surface area contributed by atoms with Gasteiger partial charge in [-0.25, -0.2) is 9.97 Å². The SMILES string of the molecule is CCCc1noc(C(C)OC(=O)C2CCN(c3ncccn3)CC2)n1. The minimum atomic E-state index is -0.527. The Labute approximate surface area is 146 Å². The van der Waals surface area contributed by atoms with Gasteiger partial charge in [-0.05, 0) is 32.3 Å². The first-order valence-corrected chi connectivity index (χ1v) is 8.72. The summed E-state index contributed by atoms with van der Waals surface area (Å²) >= 11 is 0. The van der Waals surface area contributed by atoms with Crippen LogP contribution in [0.15, 0.2) is 23.0 Å². The second kappa shape index (κ2) is 8.04. The molecule has 0 bridgehead atoms. The number of carbonyl (C=O) groups excluding carboxylic acids is 1. The summed E-state index contributed by atoms with van der Waals surface area (Å²) in [6.07, 6.45) is 6.05. The third-order valence-electron chi connectivity index (χ3n) is 4.26. The molecule has 8 heteroatoms. The van der Waals surface area contributed by atoms with Crippen molar-refractivity contribution < 1.29 is 14.1 Å². The van der Waals surface area contributed by atoms with Gasteiger partial charge in [-0.3, -0.25) is 4.79 Å². The van der Waals surface area contributed by atoms with Gasteiger partial charge in [-0.15, -0.1) is 0 Å². The third kappa shape index (κ3) is 4.32. The Bertz CT molecular complexity index is 683. The lowest BCUT2D eigenvalue weighted by Crippen LogP contribution is -2.38. The van der Waals surface area contributed by atoms with Crippen molar-refractivity contribution >= 4 is 11.9 Å². The molecule has 3 rings (SSSR count). The van der Waals surface area contributed by atoms with Crippen LogP contribution in [0.1, 0.15) is 50.9 Å². The summed E-state index contributed by atoms with van der Waals surface area (Å²) in [5, 5.41) is 3.89. The molecule has 1 fully saturated rings. The number of hydrogen-bond donors (Lipinski definition) is 0. The fourth-order valence-electron chi connectivity index (χ4n) is 2.85. The van der Waals surface area contributed by atoms with E-state index in [0.717, 1.165) is 25.9 Å². The molecule has 0 radical (unpaired) electrons. The van der Waals surface area contributed by atoms with E-state index >= 15 is 0 Å². The zero-order chi connectivity index (χ0) is 17.6. The third-order valence-corrected chi connectivity index (χ3v) is 4.26. The summed E-state index contributed by atoms with van der Waals surface area (Å²) in [6.45, 7) is 5.28. The van der Waals surface area contributed by atoms with Crippen LogP contribution in [-0.4, -0.2) is 39.2 Å². The topological polar surface area (TPSA) is 94.2 Å². The average molecular weight is 345 g/mol. The van der Waals surface area contributed by atoms with Gasteiger partial charge < -0.3 is 14.2 Å². The zero-order valence-electron chi connectivity index (χ0n) is 14.6. The predicted octanol–water partition coefficient (Wildman–Crippen LogP) is 2.33. The minimum Gasteiger partial charge on any atom is -0.452 e. The normalized spacial score (nSPS) is 16.6. The summed E-state index contributed by atoms with van der Waals surface area (Å²) in [6, 6.07) is 1.79. The molecule has 134 valence electrons. The summed E-state index contributed by atoms with van der Waals surface area (Å²) in [5.41, 5.74) is 0. The van der Waals surface area contributed by atoms with Gasteiger partial charge in [0.1, 0.15) is 0 Å². The molecular weight excluding hydrogens is 322 g/mol. The Hall–Kier alpha value is -2.51. The van der Waals surface area contributed by atoms with E-state index in [1.54, 1.807) is 25.4 Å². The largest absolute Gasteiger partial charge is 0.452 e. The number of esters is 1. The molecule has 0 N–H and O–H groups in total. The molecular formula is C17H23N5O3. The fourth-order valence-corrected chi connectivity index (χ4v) is 2.85. The van der Waals surface area contributed by atoms with Crippen LogP contribution in [0.4, 0.5) is 5.95 Å². The van der Waals surface area contributed by atoms with Gasteiger partial charge in [0, 0.05) is 31.9 Å². The van der Waals surface area contributed by atoms with Crippen LogP contribution in [0, 0.1) is 5.92 Å². The predicted molar refractivity (Wildman–Crippen MR) is 89.8 cm³/mol. The molecule has 0 aromatic carbocycles. The van der Waals surface area contributed by atoms with Crippen molar-refractivity contribution in [3.05, 3.63) is 30.2 Å². The zero-order valence-corrected chi connectivity index (χ0v) is 14.6. The van der Waals surface area contributed by atoms with Crippen LogP contribution in [0.2, 0.25) is 0 Å². The first kappa shape index (κ1) is 17.3. The smallest absolute Gasteiger partial charge is 0.309 e. The maximum atomic E-state index is 12.4. The first-order valence-electron chi connectivity index (χ1n) is 8.72. The van der Waals surface area contributed by atoms with Gasteiger partial charge in [0.05, 0.1) is 5.92 Å². The van der Waals surface area contributed by atoms with Crippen molar-refractivity contribution in [2.75, 3.05) is 18.0 Å². The number of nitrogens with zero attached hydrogens (tertiary/aromatic N) is 5. The molecule has 1 saturated heterocycles. The quantitative estimate of drug-likeness (QED) is 0.736. The van der Waals surface area contributed by atoms with Gasteiger partial charge in [-0.1, -0.05) is 12.1 Å². The fraction of sp³-hybridized carbons (Fsp3) is 0.588. The number of ether oxygens (including phenoxy) is 1. The maximum Gasteiger partial charge on any atom is 0.309 e. The molecule has 3 heterocycles. The van der Waals surface area contributed by atoms with Crippen molar-refractivity contribution in [1.82, 2.24) is 20.1 Å². The van der Waals surface area contributed by atoms with Gasteiger partial charge >= 0.3 is 5.97 Å². The van der Waals surface area contributed by atoms with Gasteiger partial charge in [0.15, 0.2) is 11.9 Å². The molecule has 0 amide bonds. The van der Waals surface area contributed by atoms with Gasteiger partial charge in [0.25, 0.3) is 5.89 Å². The molecule has 8 nitrogen and oxygen atoms in total. The summed E-state index contributed by atoms with van der Waals surface area (Å²) in [7, 11) is 0. The first-order chi connectivity index (χ1) is 12.2. The van der Waals surface area contributed by atoms with Crippen molar-refractivity contribution in [3.63, 3.8) is 0 Å². The molecule has 0 aliphatic carbocycles. The lowest BCUT2D eigenvalue weighted by molar-refractivity contribution is -0.155. The van der Waals surface area contributed by atoms with Crippen molar-refractivity contribution in [3.8, 4) is 0 Å². The van der Waals surface area contributed by atoms with E-state index in [0.29, 0.717) is 30.5 Å². The Morgan fingerprint density at radius 1 is 1.36 bits per heavy atom. The Kier molecular flexibility index (Phi) is 5.57. The Morgan fingerprint density at radius 2 is 2.08 bits per heavy atom. The second-order valence-corrected chi connectivity index (χ2v) is 6.19. The standard InChI is InChI=1S/C17H23N5O3/c1-3-5-14-20-15(25-21-14)12(2)24-16(23)13-6-10-22(11-7-13)17-18-8-4-9-19-17/h4,8-9,12-13H,3,5-7,10-11H2,1-2H3. The number of hydrogen-bond acceptors (Lipinski definition) is 8. The Morgan fingerprint density at radius 3 is 2.76 bits per heavy atom. The molecule has 1 aliphatic heterocycles. The number of rotatable bonds is 6. The average Bonchev–Trinajstić information content (AvgIpc) is 3.12. The van der Waals surface area contributed by atoms with Gasteiger partial charge in [-0.2, -0.15) is 4.98 Å². The van der Waals surface area contributed by atoms with E-state index in [1.807, 2.05) is 6.92 Å². The number of aryl methyl sites for hydroxylation is 1. The Balaban J connectivity index is 1.50. The number of anilines is 1. The van der Waals surface area contributed by atoms with E-state index in [9.17, 15) is 4.79 Å². The number of aromatic nitrogens is 4. The van der Waals surface area contributed by atoms with Crippen LogP contribution in [0.25, 0.3) is 0 Å². The highest BCUT2D eigenvalue weighted by atomic mass is 16.6. The lowest BCUT2D eigenvalue weighted by Gasteiger charge is -2.31. The monoisotopic (exact) mass is 345 g/mol. The van der Waals surface area contributed by atoms with Gasteiger partial charge in [0.2, 0.25) is 5.95 Å². The minimum absolute atomic E-state index is 0.125. The second-order valence-electron chi connectivity index (χ2n) is 6.19. The van der Waals surface area contributed by atoms with Crippen LogP contribution >= 0.6 is 0 Å². The molecule has 0 spiro atoms. The van der Waals surface area contributed by atoms with E-state index in [4.69, 9.17) is 9.26 Å². The molecule has 1 aliphatic rings. The van der Waals surface area contributed by atoms with Crippen molar-refractivity contribution in [2.24, 2.45) is 5.92 Å². The molecule has 2 aromatic rings. The van der Waals surface area contributed by atoms with Crippen LogP contribution < -0.4 is 4.90 Å².